The molecule has 0 amide bonds. The number of fused-ring (bicyclic) bond motifs is 2. The van der Waals surface area contributed by atoms with Gasteiger partial charge in [-0.05, 0) is 16.4 Å². The van der Waals surface area contributed by atoms with Gasteiger partial charge in [0.1, 0.15) is 11.0 Å². The van der Waals surface area contributed by atoms with Crippen molar-refractivity contribution in [3.05, 3.63) is 41.5 Å². The summed E-state index contributed by atoms with van der Waals surface area (Å²) in [6.45, 7) is 0.918. The van der Waals surface area contributed by atoms with Crippen molar-refractivity contribution in [1.82, 2.24) is 25.6 Å². The molecule has 0 aliphatic carbocycles. The summed E-state index contributed by atoms with van der Waals surface area (Å²) in [7, 11) is 0. The standard InChI is InChI=1S/C12H11N5O/c1-2-7(10-9(3-1)16-18-17-10)11-12-8(4-5-13-11)14-6-15-12/h1-3,6,11,13H,4-5H2,(H,14,15)/t11-/m0/s1. The number of aromatic nitrogens is 4. The number of H-pyrrole nitrogens is 1. The molecule has 6 heteroatoms. The van der Waals surface area contributed by atoms with E-state index in [1.165, 1.54) is 5.69 Å². The normalized spacial score (nSPS) is 19.0. The molecule has 0 radical (unpaired) electrons. The van der Waals surface area contributed by atoms with Gasteiger partial charge in [-0.3, -0.25) is 0 Å². The Balaban J connectivity index is 1.92. The van der Waals surface area contributed by atoms with Crippen molar-refractivity contribution in [3.8, 4) is 0 Å². The Bertz CT molecular complexity index is 701. The van der Waals surface area contributed by atoms with E-state index in [1.807, 2.05) is 18.2 Å². The third-order valence-corrected chi connectivity index (χ3v) is 3.38. The first-order chi connectivity index (χ1) is 8.93. The van der Waals surface area contributed by atoms with Crippen LogP contribution in [0.15, 0.2) is 29.2 Å². The summed E-state index contributed by atoms with van der Waals surface area (Å²) in [5.74, 6) is 0. The van der Waals surface area contributed by atoms with Crippen LogP contribution in [0.25, 0.3) is 11.0 Å². The van der Waals surface area contributed by atoms with E-state index in [1.54, 1.807) is 6.33 Å². The van der Waals surface area contributed by atoms with E-state index in [2.05, 4.69) is 25.6 Å². The average molecular weight is 241 g/mol. The van der Waals surface area contributed by atoms with Crippen LogP contribution in [-0.2, 0) is 6.42 Å². The van der Waals surface area contributed by atoms with E-state index in [9.17, 15) is 0 Å². The van der Waals surface area contributed by atoms with E-state index >= 15 is 0 Å². The highest BCUT2D eigenvalue weighted by atomic mass is 16.6. The van der Waals surface area contributed by atoms with Crippen LogP contribution in [0.1, 0.15) is 23.0 Å². The van der Waals surface area contributed by atoms with Crippen LogP contribution in [0.5, 0.6) is 0 Å². The molecule has 3 heterocycles. The second-order valence-electron chi connectivity index (χ2n) is 4.38. The molecule has 4 rings (SSSR count). The zero-order valence-corrected chi connectivity index (χ0v) is 9.55. The molecular weight excluding hydrogens is 230 g/mol. The number of benzene rings is 1. The SMILES string of the molecule is c1cc([C@@H]2NCCc3[nH]cnc32)c2nonc2c1. The van der Waals surface area contributed by atoms with Crippen LogP contribution in [0.2, 0.25) is 0 Å². The molecule has 0 saturated carbocycles. The molecule has 1 aromatic carbocycles. The summed E-state index contributed by atoms with van der Waals surface area (Å²) in [5, 5.41) is 11.3. The first kappa shape index (κ1) is 9.78. The molecule has 1 aliphatic heterocycles. The van der Waals surface area contributed by atoms with Gasteiger partial charge in [-0.25, -0.2) is 9.61 Å². The number of imidazole rings is 1. The highest BCUT2D eigenvalue weighted by molar-refractivity contribution is 5.78. The van der Waals surface area contributed by atoms with Crippen LogP contribution in [-0.4, -0.2) is 26.8 Å². The third-order valence-electron chi connectivity index (χ3n) is 3.38. The second-order valence-corrected chi connectivity index (χ2v) is 4.38. The first-order valence-corrected chi connectivity index (χ1v) is 5.90. The van der Waals surface area contributed by atoms with Crippen molar-refractivity contribution in [3.63, 3.8) is 0 Å². The number of rotatable bonds is 1. The van der Waals surface area contributed by atoms with Crippen LogP contribution >= 0.6 is 0 Å². The van der Waals surface area contributed by atoms with Gasteiger partial charge in [0.2, 0.25) is 0 Å². The van der Waals surface area contributed by atoms with Crippen LogP contribution in [0, 0.1) is 0 Å². The highest BCUT2D eigenvalue weighted by Gasteiger charge is 2.26. The van der Waals surface area contributed by atoms with Gasteiger partial charge < -0.3 is 10.3 Å². The molecule has 6 nitrogen and oxygen atoms in total. The lowest BCUT2D eigenvalue weighted by Gasteiger charge is -2.23. The van der Waals surface area contributed by atoms with Crippen molar-refractivity contribution in [2.45, 2.75) is 12.5 Å². The Labute approximate surface area is 102 Å². The van der Waals surface area contributed by atoms with Crippen molar-refractivity contribution in [2.24, 2.45) is 0 Å². The van der Waals surface area contributed by atoms with Gasteiger partial charge >= 0.3 is 0 Å². The Morgan fingerprint density at radius 1 is 1.28 bits per heavy atom. The summed E-state index contributed by atoms with van der Waals surface area (Å²) in [4.78, 5) is 7.60. The van der Waals surface area contributed by atoms with Gasteiger partial charge in [0.25, 0.3) is 0 Å². The minimum atomic E-state index is 0.0515. The predicted octanol–water partition coefficient (Wildman–Crippen LogP) is 1.18. The Morgan fingerprint density at radius 2 is 2.28 bits per heavy atom. The van der Waals surface area contributed by atoms with Crippen molar-refractivity contribution in [2.75, 3.05) is 6.54 Å². The molecule has 1 aliphatic rings. The van der Waals surface area contributed by atoms with E-state index in [0.29, 0.717) is 0 Å². The Morgan fingerprint density at radius 3 is 3.28 bits per heavy atom. The van der Waals surface area contributed by atoms with Crippen molar-refractivity contribution < 1.29 is 4.63 Å². The number of nitrogens with one attached hydrogen (secondary N) is 2. The fourth-order valence-electron chi connectivity index (χ4n) is 2.54. The Hall–Kier alpha value is -2.21. The zero-order chi connectivity index (χ0) is 11.9. The maximum atomic E-state index is 4.81. The average Bonchev–Trinajstić information content (AvgIpc) is 3.06. The molecule has 2 aromatic heterocycles. The lowest BCUT2D eigenvalue weighted by molar-refractivity contribution is 0.315. The molecule has 0 spiro atoms. The van der Waals surface area contributed by atoms with E-state index in [4.69, 9.17) is 4.63 Å². The topological polar surface area (TPSA) is 79.6 Å². The van der Waals surface area contributed by atoms with Gasteiger partial charge in [-0.1, -0.05) is 12.1 Å². The second kappa shape index (κ2) is 3.64. The molecule has 3 aromatic rings. The molecule has 18 heavy (non-hydrogen) atoms. The fourth-order valence-corrected chi connectivity index (χ4v) is 2.54. The lowest BCUT2D eigenvalue weighted by atomic mass is 9.97. The molecule has 1 atom stereocenters. The van der Waals surface area contributed by atoms with Gasteiger partial charge in [0.15, 0.2) is 0 Å². The fraction of sp³-hybridized carbons (Fsp3) is 0.250. The number of hydrogen-bond donors (Lipinski definition) is 2. The molecule has 0 unspecified atom stereocenters. The smallest absolute Gasteiger partial charge is 0.140 e. The summed E-state index contributed by atoms with van der Waals surface area (Å²) in [6.07, 6.45) is 2.71. The first-order valence-electron chi connectivity index (χ1n) is 5.90. The van der Waals surface area contributed by atoms with Crippen molar-refractivity contribution in [1.29, 1.82) is 0 Å². The largest absolute Gasteiger partial charge is 0.348 e. The van der Waals surface area contributed by atoms with E-state index in [-0.39, 0.29) is 6.04 Å². The zero-order valence-electron chi connectivity index (χ0n) is 9.55. The maximum Gasteiger partial charge on any atom is 0.140 e. The minimum absolute atomic E-state index is 0.0515. The van der Waals surface area contributed by atoms with E-state index in [0.717, 1.165) is 35.3 Å². The van der Waals surface area contributed by atoms with Gasteiger partial charge in [0, 0.05) is 24.2 Å². The summed E-state index contributed by atoms with van der Waals surface area (Å²) >= 11 is 0. The predicted molar refractivity (Wildman–Crippen MR) is 63.9 cm³/mol. The molecule has 90 valence electrons. The van der Waals surface area contributed by atoms with Crippen LogP contribution in [0.4, 0.5) is 0 Å². The molecule has 2 N–H and O–H groups in total. The number of aromatic amines is 1. The highest BCUT2D eigenvalue weighted by Crippen LogP contribution is 2.29. The van der Waals surface area contributed by atoms with Gasteiger partial charge in [-0.2, -0.15) is 0 Å². The monoisotopic (exact) mass is 241 g/mol. The summed E-state index contributed by atoms with van der Waals surface area (Å²) in [5.41, 5.74) is 4.86. The summed E-state index contributed by atoms with van der Waals surface area (Å²) in [6, 6.07) is 5.94. The van der Waals surface area contributed by atoms with Crippen molar-refractivity contribution >= 4 is 11.0 Å². The van der Waals surface area contributed by atoms with Crippen LogP contribution in [0.3, 0.4) is 0 Å². The molecule has 0 bridgehead atoms. The van der Waals surface area contributed by atoms with Gasteiger partial charge in [0.05, 0.1) is 18.1 Å². The van der Waals surface area contributed by atoms with E-state index < -0.39 is 0 Å². The minimum Gasteiger partial charge on any atom is -0.348 e. The quantitative estimate of drug-likeness (QED) is 0.668. The third kappa shape index (κ3) is 1.29. The maximum absolute atomic E-state index is 4.81. The summed E-state index contributed by atoms with van der Waals surface area (Å²) < 4.78 is 4.81. The van der Waals surface area contributed by atoms with Crippen LogP contribution < -0.4 is 5.32 Å². The molecule has 0 fully saturated rings. The van der Waals surface area contributed by atoms with Gasteiger partial charge in [-0.15, -0.1) is 0 Å². The lowest BCUT2D eigenvalue weighted by Crippen LogP contribution is -2.30. The molecular formula is C12H11N5O. The number of hydrogen-bond acceptors (Lipinski definition) is 5. The Kier molecular flexibility index (Phi) is 1.98. The molecule has 0 saturated heterocycles. The number of nitrogens with zero attached hydrogens (tertiary/aromatic N) is 3.